The summed E-state index contributed by atoms with van der Waals surface area (Å²) >= 11 is 11.3. The average molecular weight is 342 g/mol. The van der Waals surface area contributed by atoms with Crippen LogP contribution in [0.25, 0.3) is 0 Å². The molecule has 0 atom stereocenters. The number of nitrogens with one attached hydrogen (secondary N) is 1. The Morgan fingerprint density at radius 1 is 1.11 bits per heavy atom. The second kappa shape index (κ2) is 6.27. The van der Waals surface area contributed by atoms with Gasteiger partial charge in [-0.1, -0.05) is 23.2 Å². The van der Waals surface area contributed by atoms with Crippen LogP contribution < -0.4 is 34.3 Å². The van der Waals surface area contributed by atoms with Gasteiger partial charge in [0.15, 0.2) is 0 Å². The number of sulfonamides is 1. The van der Waals surface area contributed by atoms with Crippen LogP contribution in [0.1, 0.15) is 0 Å². The largest absolute Gasteiger partial charge is 1.00 e. The third-order valence-corrected chi connectivity index (χ3v) is 3.58. The van der Waals surface area contributed by atoms with Crippen molar-refractivity contribution in [2.75, 3.05) is 11.0 Å². The maximum absolute atomic E-state index is 11.0. The van der Waals surface area contributed by atoms with E-state index in [9.17, 15) is 21.4 Å². The van der Waals surface area contributed by atoms with Crippen molar-refractivity contribution < 1.29 is 50.9 Å². The zero-order valence-corrected chi connectivity index (χ0v) is 14.4. The fourth-order valence-electron chi connectivity index (χ4n) is 0.977. The molecule has 18 heavy (non-hydrogen) atoms. The molecule has 0 amide bonds. The fourth-order valence-corrected chi connectivity index (χ4v) is 2.92. The number of anilines is 1. The minimum absolute atomic E-state index is 0. The topological polar surface area (TPSA) is 103 Å². The molecule has 1 aromatic rings. The van der Waals surface area contributed by atoms with E-state index in [0.717, 1.165) is 18.4 Å². The Balaban J connectivity index is 0.00000289. The maximum Gasteiger partial charge on any atom is 1.00 e. The van der Waals surface area contributed by atoms with Crippen molar-refractivity contribution in [3.63, 3.8) is 0 Å². The zero-order chi connectivity index (χ0) is 13.4. The van der Waals surface area contributed by atoms with Crippen molar-refractivity contribution in [1.82, 2.24) is 0 Å². The summed E-state index contributed by atoms with van der Waals surface area (Å²) in [5.74, 6) is 0. The van der Waals surface area contributed by atoms with Crippen LogP contribution in [0.2, 0.25) is 10.0 Å². The summed E-state index contributed by atoms with van der Waals surface area (Å²) in [5, 5.41) is -0.560. The summed E-state index contributed by atoms with van der Waals surface area (Å²) in [6, 6.07) is 1.65. The first-order chi connectivity index (χ1) is 7.50. The Kier molecular flexibility index (Phi) is 6.43. The van der Waals surface area contributed by atoms with E-state index in [1.54, 1.807) is 0 Å². The summed E-state index contributed by atoms with van der Waals surface area (Å²) in [7, 11) is -8.32. The molecule has 0 saturated heterocycles. The van der Waals surface area contributed by atoms with Gasteiger partial charge in [0, 0.05) is 0 Å². The second-order valence-electron chi connectivity index (χ2n) is 3.09. The summed E-state index contributed by atoms with van der Waals surface area (Å²) in [6.45, 7) is 0. The molecule has 0 unspecified atom stereocenters. The van der Waals surface area contributed by atoms with Crippen LogP contribution in [-0.2, 0) is 20.1 Å². The van der Waals surface area contributed by atoms with Gasteiger partial charge < -0.3 is 4.55 Å². The van der Waals surface area contributed by atoms with Crippen LogP contribution in [0.15, 0.2) is 17.0 Å². The Hall–Kier alpha value is 0.460. The van der Waals surface area contributed by atoms with E-state index in [1.807, 2.05) is 4.72 Å². The SMILES string of the molecule is CS(=O)(=O)Nc1c(Cl)cc(S(=O)(=O)[O-])cc1Cl.[Na+]. The molecule has 0 aliphatic rings. The molecular formula is C7H6Cl2NNaO5S2. The van der Waals surface area contributed by atoms with Gasteiger partial charge in [0.05, 0.1) is 26.9 Å². The summed E-state index contributed by atoms with van der Waals surface area (Å²) in [4.78, 5) is -0.633. The van der Waals surface area contributed by atoms with Crippen LogP contribution in [0.4, 0.5) is 5.69 Å². The molecule has 0 aromatic heterocycles. The predicted molar refractivity (Wildman–Crippen MR) is 62.9 cm³/mol. The molecule has 0 aliphatic carbocycles. The molecule has 0 aliphatic heterocycles. The Bertz CT molecular complexity index is 635. The molecule has 1 aromatic carbocycles. The quantitative estimate of drug-likeness (QED) is 0.520. The first-order valence-electron chi connectivity index (χ1n) is 3.93. The van der Waals surface area contributed by atoms with Gasteiger partial charge >= 0.3 is 29.6 Å². The van der Waals surface area contributed by atoms with Crippen molar-refractivity contribution in [2.45, 2.75) is 4.90 Å². The van der Waals surface area contributed by atoms with Gasteiger partial charge in [-0.15, -0.1) is 0 Å². The molecule has 0 radical (unpaired) electrons. The second-order valence-corrected chi connectivity index (χ2v) is 7.03. The van der Waals surface area contributed by atoms with Gasteiger partial charge in [0.25, 0.3) is 0 Å². The number of rotatable bonds is 3. The number of hydrogen-bond donors (Lipinski definition) is 1. The first kappa shape index (κ1) is 18.5. The van der Waals surface area contributed by atoms with Crippen molar-refractivity contribution >= 4 is 49.0 Å². The van der Waals surface area contributed by atoms with Crippen LogP contribution in [0.5, 0.6) is 0 Å². The summed E-state index contributed by atoms with van der Waals surface area (Å²) in [5.41, 5.74) is -0.178. The Morgan fingerprint density at radius 3 is 1.78 bits per heavy atom. The molecule has 1 N–H and O–H groups in total. The summed E-state index contributed by atoms with van der Waals surface area (Å²) in [6.07, 6.45) is 0.873. The number of halogens is 2. The van der Waals surface area contributed by atoms with Crippen molar-refractivity contribution in [3.8, 4) is 0 Å². The molecular weight excluding hydrogens is 336 g/mol. The van der Waals surface area contributed by atoms with E-state index in [-0.39, 0.29) is 45.3 Å². The van der Waals surface area contributed by atoms with Crippen molar-refractivity contribution in [3.05, 3.63) is 22.2 Å². The van der Waals surface area contributed by atoms with Crippen LogP contribution in [0, 0.1) is 0 Å². The molecule has 1 rings (SSSR count). The van der Waals surface area contributed by atoms with Gasteiger partial charge in [0.2, 0.25) is 10.0 Å². The first-order valence-corrected chi connectivity index (χ1v) is 7.99. The third kappa shape index (κ3) is 5.22. The van der Waals surface area contributed by atoms with E-state index >= 15 is 0 Å². The molecule has 6 nitrogen and oxygen atoms in total. The molecule has 0 spiro atoms. The summed E-state index contributed by atoms with van der Waals surface area (Å²) < 4.78 is 56.1. The van der Waals surface area contributed by atoms with Gasteiger partial charge in [-0.25, -0.2) is 16.8 Å². The minimum Gasteiger partial charge on any atom is -0.744 e. The van der Waals surface area contributed by atoms with Crippen LogP contribution in [0.3, 0.4) is 0 Å². The van der Waals surface area contributed by atoms with Crippen LogP contribution >= 0.6 is 23.2 Å². The standard InChI is InChI=1S/C7H7Cl2NO5S2.Na/c1-16(11,12)10-7-5(8)2-4(3-6(7)9)17(13,14)15;/h2-3,10H,1H3,(H,13,14,15);/q;+1/p-1. The van der Waals surface area contributed by atoms with E-state index < -0.39 is 25.0 Å². The van der Waals surface area contributed by atoms with E-state index in [1.165, 1.54) is 0 Å². The van der Waals surface area contributed by atoms with E-state index in [4.69, 9.17) is 23.2 Å². The van der Waals surface area contributed by atoms with E-state index in [2.05, 4.69) is 0 Å². The molecule has 0 fully saturated rings. The number of benzene rings is 1. The third-order valence-electron chi connectivity index (χ3n) is 1.59. The average Bonchev–Trinajstić information content (AvgIpc) is 2.07. The van der Waals surface area contributed by atoms with Gasteiger partial charge in [-0.3, -0.25) is 4.72 Å². The van der Waals surface area contributed by atoms with Gasteiger partial charge in [0.1, 0.15) is 10.1 Å². The number of hydrogen-bond acceptors (Lipinski definition) is 5. The molecule has 0 saturated carbocycles. The van der Waals surface area contributed by atoms with Crippen LogP contribution in [-0.4, -0.2) is 27.6 Å². The Morgan fingerprint density at radius 2 is 1.50 bits per heavy atom. The minimum atomic E-state index is -4.70. The van der Waals surface area contributed by atoms with Crippen molar-refractivity contribution in [2.24, 2.45) is 0 Å². The molecule has 0 bridgehead atoms. The fraction of sp³-hybridized carbons (Fsp3) is 0.143. The van der Waals surface area contributed by atoms with E-state index in [0.29, 0.717) is 0 Å². The molecule has 11 heteroatoms. The Labute approximate surface area is 137 Å². The zero-order valence-electron chi connectivity index (χ0n) is 9.27. The normalized spacial score (nSPS) is 11.8. The molecule has 96 valence electrons. The maximum atomic E-state index is 11.0. The van der Waals surface area contributed by atoms with Gasteiger partial charge in [-0.2, -0.15) is 0 Å². The van der Waals surface area contributed by atoms with Gasteiger partial charge in [-0.05, 0) is 12.1 Å². The molecule has 0 heterocycles. The van der Waals surface area contributed by atoms with Crippen molar-refractivity contribution in [1.29, 1.82) is 0 Å². The predicted octanol–water partition coefficient (Wildman–Crippen LogP) is -1.73. The monoisotopic (exact) mass is 341 g/mol. The smallest absolute Gasteiger partial charge is 0.744 e.